The predicted octanol–water partition coefficient (Wildman–Crippen LogP) is 3.93. The predicted molar refractivity (Wildman–Crippen MR) is 116 cm³/mol. The normalized spacial score (nSPS) is 11.8. The molecule has 5 heteroatoms. The van der Waals surface area contributed by atoms with Crippen LogP contribution in [0.5, 0.6) is 5.75 Å². The van der Waals surface area contributed by atoms with E-state index < -0.39 is 6.04 Å². The Hall–Kier alpha value is -2.82. The van der Waals surface area contributed by atoms with Crippen molar-refractivity contribution in [3.05, 3.63) is 64.7 Å². The summed E-state index contributed by atoms with van der Waals surface area (Å²) in [5.41, 5.74) is 4.37. The molecule has 2 aromatic rings. The van der Waals surface area contributed by atoms with Crippen LogP contribution in [0.3, 0.4) is 0 Å². The van der Waals surface area contributed by atoms with Crippen molar-refractivity contribution >= 4 is 11.8 Å². The Labute approximate surface area is 174 Å². The third-order valence-corrected chi connectivity index (χ3v) is 5.04. The summed E-state index contributed by atoms with van der Waals surface area (Å²) in [5, 5.41) is 2.89. The first-order valence-corrected chi connectivity index (χ1v) is 10.0. The fraction of sp³-hybridized carbons (Fsp3) is 0.417. The summed E-state index contributed by atoms with van der Waals surface area (Å²) >= 11 is 0. The smallest absolute Gasteiger partial charge is 0.261 e. The molecule has 0 aliphatic carbocycles. The van der Waals surface area contributed by atoms with Crippen molar-refractivity contribution in [2.75, 3.05) is 6.61 Å². The van der Waals surface area contributed by atoms with E-state index in [4.69, 9.17) is 4.74 Å². The Morgan fingerprint density at radius 2 is 1.66 bits per heavy atom. The van der Waals surface area contributed by atoms with Crippen molar-refractivity contribution in [2.45, 2.75) is 60.2 Å². The molecule has 0 radical (unpaired) electrons. The molecule has 1 atom stereocenters. The molecule has 0 spiro atoms. The number of hydrogen-bond donors (Lipinski definition) is 1. The molecule has 0 bridgehead atoms. The number of rotatable bonds is 8. The molecule has 0 fully saturated rings. The molecule has 0 aliphatic heterocycles. The molecule has 1 unspecified atom stereocenters. The zero-order chi connectivity index (χ0) is 21.6. The van der Waals surface area contributed by atoms with Gasteiger partial charge in [0, 0.05) is 12.6 Å². The number of hydrogen-bond acceptors (Lipinski definition) is 3. The molecule has 0 aliphatic rings. The minimum Gasteiger partial charge on any atom is -0.484 e. The van der Waals surface area contributed by atoms with Crippen LogP contribution in [0.2, 0.25) is 0 Å². The number of amides is 2. The second kappa shape index (κ2) is 10.1. The highest BCUT2D eigenvalue weighted by Gasteiger charge is 2.27. The molecule has 0 heterocycles. The zero-order valence-electron chi connectivity index (χ0n) is 18.3. The van der Waals surface area contributed by atoms with E-state index in [0.717, 1.165) is 16.7 Å². The number of carbonyl (C=O) groups is 2. The maximum Gasteiger partial charge on any atom is 0.261 e. The summed E-state index contributed by atoms with van der Waals surface area (Å²) in [6.07, 6.45) is 0. The maximum absolute atomic E-state index is 13.0. The van der Waals surface area contributed by atoms with E-state index in [9.17, 15) is 9.59 Å². The standard InChI is InChI=1S/C24H32N2O3/c1-16(2)25-24(28)20(6)26(14-21-10-8-7-9-18(21)4)23(27)15-29-22-12-11-17(3)19(5)13-22/h7-13,16,20H,14-15H2,1-6H3,(H,25,28). The summed E-state index contributed by atoms with van der Waals surface area (Å²) in [6.45, 7) is 11.8. The second-order valence-corrected chi connectivity index (χ2v) is 7.82. The van der Waals surface area contributed by atoms with E-state index in [0.29, 0.717) is 12.3 Å². The van der Waals surface area contributed by atoms with E-state index >= 15 is 0 Å². The highest BCUT2D eigenvalue weighted by Crippen LogP contribution is 2.18. The van der Waals surface area contributed by atoms with E-state index in [1.54, 1.807) is 11.8 Å². The fourth-order valence-electron chi connectivity index (χ4n) is 2.99. The Balaban J connectivity index is 2.18. The van der Waals surface area contributed by atoms with Crippen LogP contribution < -0.4 is 10.1 Å². The zero-order valence-corrected chi connectivity index (χ0v) is 18.3. The first-order chi connectivity index (χ1) is 13.7. The van der Waals surface area contributed by atoms with Gasteiger partial charge in [0.1, 0.15) is 11.8 Å². The minimum atomic E-state index is -0.604. The van der Waals surface area contributed by atoms with Gasteiger partial charge < -0.3 is 15.0 Å². The Bertz CT molecular complexity index is 861. The minimum absolute atomic E-state index is 0.00662. The summed E-state index contributed by atoms with van der Waals surface area (Å²) in [5.74, 6) is 0.252. The number of aryl methyl sites for hydroxylation is 3. The number of carbonyl (C=O) groups excluding carboxylic acids is 2. The third-order valence-electron chi connectivity index (χ3n) is 5.04. The van der Waals surface area contributed by atoms with Gasteiger partial charge in [-0.3, -0.25) is 9.59 Å². The van der Waals surface area contributed by atoms with Gasteiger partial charge in [0.2, 0.25) is 5.91 Å². The largest absolute Gasteiger partial charge is 0.484 e. The SMILES string of the molecule is Cc1ccc(OCC(=O)N(Cc2ccccc2C)C(C)C(=O)NC(C)C)cc1C. The van der Waals surface area contributed by atoms with Crippen molar-refractivity contribution in [1.29, 1.82) is 0 Å². The van der Waals surface area contributed by atoms with Gasteiger partial charge in [-0.1, -0.05) is 30.3 Å². The molecular formula is C24H32N2O3. The molecule has 29 heavy (non-hydrogen) atoms. The summed E-state index contributed by atoms with van der Waals surface area (Å²) in [6, 6.07) is 13.0. The van der Waals surface area contributed by atoms with Crippen molar-refractivity contribution in [1.82, 2.24) is 10.2 Å². The van der Waals surface area contributed by atoms with Crippen LogP contribution in [0.25, 0.3) is 0 Å². The van der Waals surface area contributed by atoms with Crippen LogP contribution in [0.15, 0.2) is 42.5 Å². The van der Waals surface area contributed by atoms with Crippen LogP contribution in [-0.2, 0) is 16.1 Å². The highest BCUT2D eigenvalue weighted by atomic mass is 16.5. The molecule has 2 rings (SSSR count). The van der Waals surface area contributed by atoms with Crippen molar-refractivity contribution in [3.8, 4) is 5.75 Å². The molecule has 0 aromatic heterocycles. The monoisotopic (exact) mass is 396 g/mol. The fourth-order valence-corrected chi connectivity index (χ4v) is 2.99. The van der Waals surface area contributed by atoms with Gasteiger partial charge in [0.05, 0.1) is 0 Å². The van der Waals surface area contributed by atoms with E-state index in [1.165, 1.54) is 5.56 Å². The Morgan fingerprint density at radius 1 is 0.966 bits per heavy atom. The first-order valence-electron chi connectivity index (χ1n) is 10.0. The van der Waals surface area contributed by atoms with Gasteiger partial charge in [0.15, 0.2) is 6.61 Å². The summed E-state index contributed by atoms with van der Waals surface area (Å²) in [4.78, 5) is 27.2. The lowest BCUT2D eigenvalue weighted by atomic mass is 10.1. The molecule has 0 saturated heterocycles. The summed E-state index contributed by atoms with van der Waals surface area (Å²) in [7, 11) is 0. The van der Waals surface area contributed by atoms with Crippen LogP contribution >= 0.6 is 0 Å². The van der Waals surface area contributed by atoms with Crippen molar-refractivity contribution in [2.24, 2.45) is 0 Å². The van der Waals surface area contributed by atoms with E-state index in [2.05, 4.69) is 5.32 Å². The number of benzene rings is 2. The highest BCUT2D eigenvalue weighted by molar-refractivity contribution is 5.88. The first kappa shape index (κ1) is 22.5. The van der Waals surface area contributed by atoms with Crippen LogP contribution in [0, 0.1) is 20.8 Å². The Kier molecular flexibility index (Phi) is 7.82. The second-order valence-electron chi connectivity index (χ2n) is 7.82. The van der Waals surface area contributed by atoms with Crippen LogP contribution in [-0.4, -0.2) is 35.4 Å². The summed E-state index contributed by atoms with van der Waals surface area (Å²) < 4.78 is 5.74. The van der Waals surface area contributed by atoms with Crippen molar-refractivity contribution < 1.29 is 14.3 Å². The van der Waals surface area contributed by atoms with Crippen LogP contribution in [0.4, 0.5) is 0 Å². The lowest BCUT2D eigenvalue weighted by Crippen LogP contribution is -2.50. The Morgan fingerprint density at radius 3 is 2.28 bits per heavy atom. The number of nitrogens with one attached hydrogen (secondary N) is 1. The lowest BCUT2D eigenvalue weighted by Gasteiger charge is -2.29. The number of ether oxygens (including phenoxy) is 1. The quantitative estimate of drug-likeness (QED) is 0.735. The van der Waals surface area contributed by atoms with Crippen LogP contribution in [0.1, 0.15) is 43.0 Å². The lowest BCUT2D eigenvalue weighted by molar-refractivity contribution is -0.142. The molecule has 2 aromatic carbocycles. The average molecular weight is 397 g/mol. The van der Waals surface area contributed by atoms with Gasteiger partial charge in [-0.15, -0.1) is 0 Å². The van der Waals surface area contributed by atoms with Gasteiger partial charge in [-0.25, -0.2) is 0 Å². The molecule has 0 saturated carbocycles. The average Bonchev–Trinajstić information content (AvgIpc) is 2.67. The third kappa shape index (κ3) is 6.34. The molecular weight excluding hydrogens is 364 g/mol. The molecule has 1 N–H and O–H groups in total. The topological polar surface area (TPSA) is 58.6 Å². The van der Waals surface area contributed by atoms with Gasteiger partial charge in [-0.05, 0) is 75.9 Å². The van der Waals surface area contributed by atoms with E-state index in [1.807, 2.05) is 77.1 Å². The van der Waals surface area contributed by atoms with E-state index in [-0.39, 0.29) is 24.5 Å². The van der Waals surface area contributed by atoms with Gasteiger partial charge in [-0.2, -0.15) is 0 Å². The number of nitrogens with zero attached hydrogens (tertiary/aromatic N) is 1. The van der Waals surface area contributed by atoms with Crippen molar-refractivity contribution in [3.63, 3.8) is 0 Å². The molecule has 156 valence electrons. The molecule has 5 nitrogen and oxygen atoms in total. The molecule has 2 amide bonds. The van der Waals surface area contributed by atoms with Gasteiger partial charge in [0.25, 0.3) is 5.91 Å². The van der Waals surface area contributed by atoms with Gasteiger partial charge >= 0.3 is 0 Å². The maximum atomic E-state index is 13.0.